The van der Waals surface area contributed by atoms with Crippen LogP contribution >= 0.6 is 0 Å². The number of imide groups is 1. The molecular formula is C23H12N3O5-. The van der Waals surface area contributed by atoms with Crippen LogP contribution < -0.4 is 10.0 Å². The smallest absolute Gasteiger partial charge is 0.266 e. The number of hydrogen-bond acceptors (Lipinski definition) is 7. The lowest BCUT2D eigenvalue weighted by atomic mass is 10.1. The fourth-order valence-electron chi connectivity index (χ4n) is 3.39. The Labute approximate surface area is 175 Å². The number of nitrogens with zero attached hydrogens (tertiary/aromatic N) is 3. The van der Waals surface area contributed by atoms with Crippen LogP contribution in [0.15, 0.2) is 77.2 Å². The van der Waals surface area contributed by atoms with Crippen molar-refractivity contribution in [3.05, 3.63) is 89.5 Å². The molecule has 0 aliphatic carbocycles. The number of fused-ring (bicyclic) bond motifs is 1. The number of hydrogen-bond donors (Lipinski definition) is 0. The van der Waals surface area contributed by atoms with Gasteiger partial charge in [-0.05, 0) is 54.1 Å². The van der Waals surface area contributed by atoms with Crippen molar-refractivity contribution in [2.24, 2.45) is 0 Å². The Morgan fingerprint density at radius 2 is 1.39 bits per heavy atom. The summed E-state index contributed by atoms with van der Waals surface area (Å²) < 4.78 is 5.72. The summed E-state index contributed by atoms with van der Waals surface area (Å²) in [5, 5.41) is 19.2. The number of carboxylic acid groups (broad SMARTS) is 1. The maximum absolute atomic E-state index is 12.7. The topological polar surface area (TPSA) is 116 Å². The highest BCUT2D eigenvalue weighted by molar-refractivity contribution is 6.34. The molecule has 150 valence electrons. The van der Waals surface area contributed by atoms with Crippen LogP contribution in [0.2, 0.25) is 0 Å². The van der Waals surface area contributed by atoms with E-state index in [2.05, 4.69) is 10.2 Å². The number of carbonyl (C=O) groups excluding carboxylic acids is 3. The molecule has 0 N–H and O–H groups in total. The van der Waals surface area contributed by atoms with Gasteiger partial charge in [-0.2, -0.15) is 0 Å². The van der Waals surface area contributed by atoms with Crippen LogP contribution in [0.1, 0.15) is 31.1 Å². The minimum absolute atomic E-state index is 0.0279. The third-order valence-corrected chi connectivity index (χ3v) is 4.94. The van der Waals surface area contributed by atoms with Crippen molar-refractivity contribution in [2.45, 2.75) is 0 Å². The molecule has 0 saturated carbocycles. The predicted octanol–water partition coefficient (Wildman–Crippen LogP) is 2.57. The van der Waals surface area contributed by atoms with Crippen LogP contribution in [0.25, 0.3) is 22.9 Å². The Bertz CT molecular complexity index is 1340. The van der Waals surface area contributed by atoms with E-state index in [1.807, 2.05) is 30.3 Å². The summed E-state index contributed by atoms with van der Waals surface area (Å²) >= 11 is 0. The Morgan fingerprint density at radius 1 is 0.774 bits per heavy atom. The van der Waals surface area contributed by atoms with E-state index in [1.54, 1.807) is 24.3 Å². The van der Waals surface area contributed by atoms with Gasteiger partial charge in [0.1, 0.15) is 0 Å². The minimum Gasteiger partial charge on any atom is -0.545 e. The minimum atomic E-state index is -1.42. The molecular weight excluding hydrogens is 398 g/mol. The molecule has 31 heavy (non-hydrogen) atoms. The Morgan fingerprint density at radius 3 is 2.03 bits per heavy atom. The number of rotatable bonds is 4. The molecule has 3 aromatic carbocycles. The second-order valence-electron chi connectivity index (χ2n) is 6.82. The van der Waals surface area contributed by atoms with E-state index in [4.69, 9.17) is 4.42 Å². The van der Waals surface area contributed by atoms with E-state index < -0.39 is 17.8 Å². The number of aromatic nitrogens is 2. The van der Waals surface area contributed by atoms with Gasteiger partial charge in [-0.1, -0.05) is 24.3 Å². The van der Waals surface area contributed by atoms with Crippen molar-refractivity contribution in [1.29, 1.82) is 0 Å². The number of amides is 2. The SMILES string of the molecule is O=C([O-])c1ccc2c(c1)C(=O)N(c1ccc(-c3nnc(-c4ccccc4)o3)cc1)C2=O. The van der Waals surface area contributed by atoms with E-state index in [1.165, 1.54) is 12.1 Å². The summed E-state index contributed by atoms with van der Waals surface area (Å²) in [5.74, 6) is -1.86. The van der Waals surface area contributed by atoms with E-state index in [-0.39, 0.29) is 16.7 Å². The number of anilines is 1. The van der Waals surface area contributed by atoms with E-state index in [9.17, 15) is 19.5 Å². The van der Waals surface area contributed by atoms with E-state index >= 15 is 0 Å². The Kier molecular flexibility index (Phi) is 4.18. The summed E-state index contributed by atoms with van der Waals surface area (Å²) in [5.41, 5.74) is 1.76. The molecule has 5 rings (SSSR count). The van der Waals surface area contributed by atoms with Crippen LogP contribution in [-0.4, -0.2) is 28.0 Å². The van der Waals surface area contributed by atoms with Crippen molar-refractivity contribution >= 4 is 23.5 Å². The van der Waals surface area contributed by atoms with Crippen LogP contribution in [0.5, 0.6) is 0 Å². The monoisotopic (exact) mass is 410 g/mol. The summed E-state index contributed by atoms with van der Waals surface area (Å²) in [4.78, 5) is 37.5. The third-order valence-electron chi connectivity index (χ3n) is 4.94. The molecule has 1 aromatic heterocycles. The number of benzene rings is 3. The number of aromatic carboxylic acids is 1. The Balaban J connectivity index is 1.43. The maximum atomic E-state index is 12.7. The molecule has 0 fully saturated rings. The Hall–Kier alpha value is -4.59. The molecule has 0 radical (unpaired) electrons. The van der Waals surface area contributed by atoms with Gasteiger partial charge in [0, 0.05) is 11.1 Å². The second-order valence-corrected chi connectivity index (χ2v) is 6.82. The molecule has 4 aromatic rings. The van der Waals surface area contributed by atoms with Gasteiger partial charge in [0.2, 0.25) is 11.8 Å². The lowest BCUT2D eigenvalue weighted by Crippen LogP contribution is -2.29. The summed E-state index contributed by atoms with van der Waals surface area (Å²) in [6.07, 6.45) is 0. The van der Waals surface area contributed by atoms with Gasteiger partial charge in [-0.3, -0.25) is 9.59 Å². The lowest BCUT2D eigenvalue weighted by molar-refractivity contribution is -0.255. The molecule has 1 aliphatic heterocycles. The summed E-state index contributed by atoms with van der Waals surface area (Å²) in [6, 6.07) is 19.5. The quantitative estimate of drug-likeness (QED) is 0.475. The zero-order chi connectivity index (χ0) is 21.5. The van der Waals surface area contributed by atoms with Crippen LogP contribution in [0.4, 0.5) is 5.69 Å². The van der Waals surface area contributed by atoms with Gasteiger partial charge in [0.25, 0.3) is 11.8 Å². The molecule has 0 saturated heterocycles. The average Bonchev–Trinajstić information content (AvgIpc) is 3.38. The fourth-order valence-corrected chi connectivity index (χ4v) is 3.39. The average molecular weight is 410 g/mol. The normalized spacial score (nSPS) is 12.8. The van der Waals surface area contributed by atoms with Crippen molar-refractivity contribution in [2.75, 3.05) is 4.90 Å². The molecule has 0 spiro atoms. The van der Waals surface area contributed by atoms with Gasteiger partial charge in [-0.25, -0.2) is 4.90 Å². The predicted molar refractivity (Wildman–Crippen MR) is 107 cm³/mol. The van der Waals surface area contributed by atoms with Crippen molar-refractivity contribution < 1.29 is 23.9 Å². The van der Waals surface area contributed by atoms with E-state index in [0.29, 0.717) is 23.0 Å². The lowest BCUT2D eigenvalue weighted by Gasteiger charge is -2.13. The first kappa shape index (κ1) is 18.4. The maximum Gasteiger partial charge on any atom is 0.266 e. The largest absolute Gasteiger partial charge is 0.545 e. The fraction of sp³-hybridized carbons (Fsp3) is 0. The number of carbonyl (C=O) groups is 3. The van der Waals surface area contributed by atoms with Gasteiger partial charge in [-0.15, -0.1) is 10.2 Å². The highest BCUT2D eigenvalue weighted by atomic mass is 16.4. The summed E-state index contributed by atoms with van der Waals surface area (Å²) in [6.45, 7) is 0. The first-order valence-corrected chi connectivity index (χ1v) is 9.26. The van der Waals surface area contributed by atoms with Gasteiger partial charge in [0.05, 0.1) is 22.8 Å². The van der Waals surface area contributed by atoms with Crippen LogP contribution in [0.3, 0.4) is 0 Å². The highest BCUT2D eigenvalue weighted by Crippen LogP contribution is 2.31. The zero-order valence-electron chi connectivity index (χ0n) is 15.8. The molecule has 8 heteroatoms. The zero-order valence-corrected chi connectivity index (χ0v) is 15.8. The van der Waals surface area contributed by atoms with Crippen molar-refractivity contribution in [1.82, 2.24) is 10.2 Å². The molecule has 0 unspecified atom stereocenters. The van der Waals surface area contributed by atoms with Crippen LogP contribution in [0, 0.1) is 0 Å². The van der Waals surface area contributed by atoms with Crippen molar-refractivity contribution in [3.63, 3.8) is 0 Å². The highest BCUT2D eigenvalue weighted by Gasteiger charge is 2.36. The van der Waals surface area contributed by atoms with Gasteiger partial charge >= 0.3 is 0 Å². The first-order valence-electron chi connectivity index (χ1n) is 9.26. The molecule has 2 heterocycles. The molecule has 1 aliphatic rings. The van der Waals surface area contributed by atoms with Crippen molar-refractivity contribution in [3.8, 4) is 22.9 Å². The first-order chi connectivity index (χ1) is 15.0. The number of carboxylic acids is 1. The molecule has 8 nitrogen and oxygen atoms in total. The summed E-state index contributed by atoms with van der Waals surface area (Å²) in [7, 11) is 0. The van der Waals surface area contributed by atoms with Gasteiger partial charge < -0.3 is 14.3 Å². The standard InChI is InChI=1S/C23H13N3O5/c27-21-17-11-8-15(23(29)30)12-18(17)22(28)26(21)16-9-6-14(7-10-16)20-25-24-19(31-20)13-4-2-1-3-5-13/h1-12H,(H,29,30)/p-1. The van der Waals surface area contributed by atoms with Gasteiger partial charge in [0.15, 0.2) is 0 Å². The molecule has 0 bridgehead atoms. The third kappa shape index (κ3) is 3.06. The molecule has 2 amide bonds. The van der Waals surface area contributed by atoms with E-state index in [0.717, 1.165) is 16.5 Å². The molecule has 0 atom stereocenters. The second kappa shape index (κ2) is 7.03. The van der Waals surface area contributed by atoms with Crippen LogP contribution in [-0.2, 0) is 0 Å².